The molecule has 31 heavy (non-hydrogen) atoms. The summed E-state index contributed by atoms with van der Waals surface area (Å²) in [6.45, 7) is 0.0546. The van der Waals surface area contributed by atoms with Crippen LogP contribution in [0.5, 0.6) is 11.5 Å². The van der Waals surface area contributed by atoms with E-state index in [-0.39, 0.29) is 17.9 Å². The maximum atomic E-state index is 12.1. The van der Waals surface area contributed by atoms with Crippen molar-refractivity contribution in [3.05, 3.63) is 48.6 Å². The van der Waals surface area contributed by atoms with Crippen LogP contribution >= 0.6 is 0 Å². The van der Waals surface area contributed by atoms with E-state index in [0.29, 0.717) is 11.2 Å². The number of carbonyl (C=O) groups is 1. The Morgan fingerprint density at radius 1 is 1.23 bits per heavy atom. The monoisotopic (exact) mass is 428 g/mol. The minimum Gasteiger partial charge on any atom is -0.504 e. The number of amides is 1. The highest BCUT2D eigenvalue weighted by atomic mass is 16.6. The third-order valence-corrected chi connectivity index (χ3v) is 4.90. The van der Waals surface area contributed by atoms with E-state index >= 15 is 0 Å². The van der Waals surface area contributed by atoms with Gasteiger partial charge in [0.05, 0.1) is 11.9 Å². The molecular formula is C19H20N6O6. The van der Waals surface area contributed by atoms with Crippen molar-refractivity contribution in [2.45, 2.75) is 24.5 Å². The fourth-order valence-corrected chi connectivity index (χ4v) is 3.29. The van der Waals surface area contributed by atoms with Crippen LogP contribution < -0.4 is 11.1 Å². The third kappa shape index (κ3) is 3.74. The van der Waals surface area contributed by atoms with Gasteiger partial charge in [0.25, 0.3) is 5.91 Å². The predicted octanol–water partition coefficient (Wildman–Crippen LogP) is -0.575. The molecule has 0 radical (unpaired) electrons. The predicted molar refractivity (Wildman–Crippen MR) is 107 cm³/mol. The second-order valence-electron chi connectivity index (χ2n) is 6.87. The number of aromatic nitrogens is 4. The first kappa shape index (κ1) is 20.5. The summed E-state index contributed by atoms with van der Waals surface area (Å²) in [6, 6.07) is 4.06. The second kappa shape index (κ2) is 8.18. The van der Waals surface area contributed by atoms with Crippen molar-refractivity contribution < 1.29 is 30.0 Å². The standard InChI is InChI=1S/C19H20N6O6/c20-16-12-17(23-7-22-16)25(8-24-12)19-15(29)14(28)11(31-19)5-2-6-21-18(30)9-3-1-4-10(26)13(9)27/h1-5,7-8,11,14-15,19,26-29H,6H2,(H,21,30)(H2,20,22,23). The molecule has 162 valence electrons. The van der Waals surface area contributed by atoms with E-state index in [0.717, 1.165) is 0 Å². The van der Waals surface area contributed by atoms with Gasteiger partial charge in [-0.2, -0.15) is 0 Å². The Kier molecular flexibility index (Phi) is 5.42. The van der Waals surface area contributed by atoms with Gasteiger partial charge in [-0.05, 0) is 12.1 Å². The average Bonchev–Trinajstić information content (AvgIpc) is 3.30. The zero-order valence-electron chi connectivity index (χ0n) is 16.0. The number of ether oxygens (including phenoxy) is 1. The summed E-state index contributed by atoms with van der Waals surface area (Å²) in [5.74, 6) is -1.32. The molecular weight excluding hydrogens is 408 g/mol. The van der Waals surface area contributed by atoms with Gasteiger partial charge in [-0.3, -0.25) is 9.36 Å². The van der Waals surface area contributed by atoms with Gasteiger partial charge in [0.1, 0.15) is 30.2 Å². The number of rotatable bonds is 5. The van der Waals surface area contributed by atoms with Gasteiger partial charge in [-0.15, -0.1) is 0 Å². The first-order valence-corrected chi connectivity index (χ1v) is 9.29. The number of hydrogen-bond acceptors (Lipinski definition) is 10. The van der Waals surface area contributed by atoms with Gasteiger partial charge >= 0.3 is 0 Å². The number of nitrogen functional groups attached to an aromatic ring is 1. The van der Waals surface area contributed by atoms with Crippen molar-refractivity contribution in [1.29, 1.82) is 0 Å². The Labute approximate surface area is 175 Å². The summed E-state index contributed by atoms with van der Waals surface area (Å²) >= 11 is 0. The molecule has 4 rings (SSSR count). The zero-order valence-corrected chi connectivity index (χ0v) is 16.0. The first-order valence-electron chi connectivity index (χ1n) is 9.29. The Bertz CT molecular complexity index is 1150. The van der Waals surface area contributed by atoms with Gasteiger partial charge in [0.2, 0.25) is 0 Å². The van der Waals surface area contributed by atoms with Gasteiger partial charge in [-0.25, -0.2) is 15.0 Å². The summed E-state index contributed by atoms with van der Waals surface area (Å²) in [6.07, 6.45) is 1.38. The number of phenolic OH excluding ortho intramolecular Hbond substituents is 2. The van der Waals surface area contributed by atoms with Gasteiger partial charge in [0.15, 0.2) is 29.2 Å². The highest BCUT2D eigenvalue weighted by molar-refractivity contribution is 5.97. The van der Waals surface area contributed by atoms with Crippen molar-refractivity contribution in [3.8, 4) is 11.5 Å². The van der Waals surface area contributed by atoms with E-state index in [4.69, 9.17) is 10.5 Å². The number of hydrogen-bond donors (Lipinski definition) is 6. The molecule has 0 aliphatic carbocycles. The highest BCUT2D eigenvalue weighted by Gasteiger charge is 2.43. The number of fused-ring (bicyclic) bond motifs is 1. The molecule has 1 amide bonds. The quantitative estimate of drug-likeness (QED) is 0.227. The van der Waals surface area contributed by atoms with Crippen molar-refractivity contribution in [2.24, 2.45) is 0 Å². The normalized spacial score (nSPS) is 23.5. The van der Waals surface area contributed by atoms with E-state index in [2.05, 4.69) is 20.3 Å². The SMILES string of the molecule is Nc1ncnc2c1ncn2C1OC(C=CCNC(=O)c2cccc(O)c2O)C(O)C1O. The maximum absolute atomic E-state index is 12.1. The van der Waals surface area contributed by atoms with Crippen LogP contribution in [0, 0.1) is 0 Å². The number of aliphatic hydroxyl groups is 2. The molecule has 3 aromatic rings. The van der Waals surface area contributed by atoms with Gasteiger partial charge in [0, 0.05) is 6.54 Å². The Balaban J connectivity index is 1.41. The molecule has 12 heteroatoms. The Morgan fingerprint density at radius 3 is 2.84 bits per heavy atom. The summed E-state index contributed by atoms with van der Waals surface area (Å²) < 4.78 is 7.21. The summed E-state index contributed by atoms with van der Waals surface area (Å²) in [4.78, 5) is 24.2. The smallest absolute Gasteiger partial charge is 0.255 e. The lowest BCUT2D eigenvalue weighted by atomic mass is 10.1. The highest BCUT2D eigenvalue weighted by Crippen LogP contribution is 2.32. The number of aromatic hydroxyl groups is 2. The largest absolute Gasteiger partial charge is 0.504 e. The van der Waals surface area contributed by atoms with Gasteiger partial charge < -0.3 is 36.2 Å². The molecule has 3 heterocycles. The molecule has 1 aliphatic rings. The number of phenols is 2. The number of anilines is 1. The summed E-state index contributed by atoms with van der Waals surface area (Å²) in [7, 11) is 0. The van der Waals surface area contributed by atoms with Crippen LogP contribution in [0.2, 0.25) is 0 Å². The minimum atomic E-state index is -1.26. The number of para-hydroxylation sites is 1. The van der Waals surface area contributed by atoms with E-state index in [1.54, 1.807) is 0 Å². The topological polar surface area (TPSA) is 189 Å². The Hall–Kier alpha value is -3.74. The molecule has 1 fully saturated rings. The second-order valence-corrected chi connectivity index (χ2v) is 6.87. The molecule has 12 nitrogen and oxygen atoms in total. The van der Waals surface area contributed by atoms with Crippen LogP contribution in [0.3, 0.4) is 0 Å². The van der Waals surface area contributed by atoms with Crippen molar-refractivity contribution >= 4 is 22.9 Å². The van der Waals surface area contributed by atoms with E-state index in [9.17, 15) is 25.2 Å². The number of carbonyl (C=O) groups excluding carboxylic acids is 1. The molecule has 0 spiro atoms. The van der Waals surface area contributed by atoms with Crippen LogP contribution in [0.15, 0.2) is 43.0 Å². The molecule has 4 unspecified atom stereocenters. The van der Waals surface area contributed by atoms with Crippen molar-refractivity contribution in [3.63, 3.8) is 0 Å². The summed E-state index contributed by atoms with van der Waals surface area (Å²) in [5.41, 5.74) is 6.40. The number of nitrogens with two attached hydrogens (primary N) is 1. The molecule has 7 N–H and O–H groups in total. The average molecular weight is 428 g/mol. The van der Waals surface area contributed by atoms with Crippen LogP contribution in [0.1, 0.15) is 16.6 Å². The maximum Gasteiger partial charge on any atom is 0.255 e. The number of benzene rings is 1. The fourth-order valence-electron chi connectivity index (χ4n) is 3.29. The fraction of sp³-hybridized carbons (Fsp3) is 0.263. The number of aliphatic hydroxyl groups excluding tert-OH is 2. The van der Waals surface area contributed by atoms with Gasteiger partial charge in [-0.1, -0.05) is 18.2 Å². The first-order chi connectivity index (χ1) is 14.9. The zero-order chi connectivity index (χ0) is 22.1. The van der Waals surface area contributed by atoms with Crippen molar-refractivity contribution in [2.75, 3.05) is 12.3 Å². The molecule has 1 aromatic carbocycles. The van der Waals surface area contributed by atoms with E-state index in [1.165, 1.54) is 47.6 Å². The van der Waals surface area contributed by atoms with Crippen LogP contribution in [0.4, 0.5) is 5.82 Å². The number of nitrogens with zero attached hydrogens (tertiary/aromatic N) is 4. The molecule has 2 aromatic heterocycles. The third-order valence-electron chi connectivity index (χ3n) is 4.90. The molecule has 1 saturated heterocycles. The molecule has 0 saturated carbocycles. The van der Waals surface area contributed by atoms with Crippen LogP contribution in [-0.4, -0.2) is 70.7 Å². The van der Waals surface area contributed by atoms with E-state index in [1.807, 2.05) is 0 Å². The lowest BCUT2D eigenvalue weighted by molar-refractivity contribution is -0.0245. The van der Waals surface area contributed by atoms with E-state index < -0.39 is 41.9 Å². The van der Waals surface area contributed by atoms with Crippen molar-refractivity contribution in [1.82, 2.24) is 24.8 Å². The molecule has 1 aliphatic heterocycles. The number of imidazole rings is 1. The lowest BCUT2D eigenvalue weighted by Crippen LogP contribution is -2.31. The minimum absolute atomic E-state index is 0.0546. The molecule has 0 bridgehead atoms. The Morgan fingerprint density at radius 2 is 2.03 bits per heavy atom. The van der Waals surface area contributed by atoms with Crippen LogP contribution in [-0.2, 0) is 4.74 Å². The van der Waals surface area contributed by atoms with Crippen LogP contribution in [0.25, 0.3) is 11.2 Å². The number of nitrogens with one attached hydrogen (secondary N) is 1. The lowest BCUT2D eigenvalue weighted by Gasteiger charge is -2.16. The molecule has 4 atom stereocenters. The summed E-state index contributed by atoms with van der Waals surface area (Å²) in [5, 5.41) is 42.5.